The molecule has 2 aromatic rings. The molecule has 2 aromatic carbocycles. The number of benzene rings is 2. The summed E-state index contributed by atoms with van der Waals surface area (Å²) in [5, 5.41) is 3.37. The van der Waals surface area contributed by atoms with E-state index in [1.807, 2.05) is 6.92 Å². The quantitative estimate of drug-likeness (QED) is 0.377. The van der Waals surface area contributed by atoms with Crippen molar-refractivity contribution in [1.82, 2.24) is 10.2 Å². The molecule has 198 valence electrons. The molecule has 1 N–H and O–H groups in total. The van der Waals surface area contributed by atoms with Crippen LogP contribution in [0.5, 0.6) is 0 Å². The van der Waals surface area contributed by atoms with Crippen molar-refractivity contribution < 1.29 is 26.8 Å². The zero-order chi connectivity index (χ0) is 26.9. The summed E-state index contributed by atoms with van der Waals surface area (Å²) in [5.74, 6) is -2.90. The van der Waals surface area contributed by atoms with Gasteiger partial charge in [0, 0.05) is 37.1 Å². The van der Waals surface area contributed by atoms with E-state index in [1.165, 1.54) is 4.90 Å². The van der Waals surface area contributed by atoms with Crippen LogP contribution in [-0.4, -0.2) is 50.5 Å². The maximum Gasteiger partial charge on any atom is 0.242 e. The molecule has 0 unspecified atom stereocenters. The van der Waals surface area contributed by atoms with Gasteiger partial charge in [-0.2, -0.15) is 0 Å². The molecule has 2 rings (SSSR count). The van der Waals surface area contributed by atoms with Crippen molar-refractivity contribution in [3.05, 3.63) is 64.7 Å². The third-order valence-corrected chi connectivity index (χ3v) is 7.05. The van der Waals surface area contributed by atoms with Crippen molar-refractivity contribution >= 4 is 39.1 Å². The summed E-state index contributed by atoms with van der Waals surface area (Å²) in [6, 6.07) is 8.96. The number of amides is 2. The van der Waals surface area contributed by atoms with Crippen LogP contribution < -0.4 is 9.62 Å². The predicted octanol–water partition coefficient (Wildman–Crippen LogP) is 4.50. The lowest BCUT2D eigenvalue weighted by atomic mass is 10.1. The van der Waals surface area contributed by atoms with Crippen LogP contribution in [0.25, 0.3) is 0 Å². The van der Waals surface area contributed by atoms with E-state index in [4.69, 9.17) is 11.6 Å². The van der Waals surface area contributed by atoms with E-state index < -0.39 is 27.7 Å². The van der Waals surface area contributed by atoms with Gasteiger partial charge in [-0.1, -0.05) is 37.1 Å². The van der Waals surface area contributed by atoms with Gasteiger partial charge in [-0.25, -0.2) is 17.2 Å². The summed E-state index contributed by atoms with van der Waals surface area (Å²) in [6.45, 7) is 4.18. The lowest BCUT2D eigenvalue weighted by molar-refractivity contribution is -0.140. The Balaban J connectivity index is 2.15. The Kier molecular flexibility index (Phi) is 11.1. The van der Waals surface area contributed by atoms with Crippen LogP contribution >= 0.6 is 11.6 Å². The van der Waals surface area contributed by atoms with Crippen LogP contribution in [0.3, 0.4) is 0 Å². The summed E-state index contributed by atoms with van der Waals surface area (Å²) < 4.78 is 52.5. The standard InChI is InChI=1S/C25H32ClF2N3O4S/c1-4-5-14-29-25(33)18(2)30(17-19-8-10-20(26)11-9-19)24(32)7-6-15-31(36(3,34)35)21-12-13-22(27)23(28)16-21/h8-13,16,18H,4-7,14-15,17H2,1-3H3,(H,29,33)/t18-/m1/s1. The topological polar surface area (TPSA) is 86.8 Å². The van der Waals surface area contributed by atoms with Crippen molar-refractivity contribution in [2.45, 2.75) is 52.1 Å². The van der Waals surface area contributed by atoms with Gasteiger partial charge in [-0.05, 0) is 49.6 Å². The number of hydrogen-bond donors (Lipinski definition) is 1. The molecule has 1 atom stereocenters. The second kappa shape index (κ2) is 13.5. The van der Waals surface area contributed by atoms with Gasteiger partial charge >= 0.3 is 0 Å². The summed E-state index contributed by atoms with van der Waals surface area (Å²) in [4.78, 5) is 27.3. The lowest BCUT2D eigenvalue weighted by Crippen LogP contribution is -2.47. The number of rotatable bonds is 13. The number of nitrogens with one attached hydrogen (secondary N) is 1. The highest BCUT2D eigenvalue weighted by Gasteiger charge is 2.26. The zero-order valence-electron chi connectivity index (χ0n) is 20.6. The predicted molar refractivity (Wildman–Crippen MR) is 137 cm³/mol. The average Bonchev–Trinajstić information content (AvgIpc) is 2.82. The summed E-state index contributed by atoms with van der Waals surface area (Å²) in [5.41, 5.74) is 0.742. The van der Waals surface area contributed by atoms with Crippen molar-refractivity contribution in [3.8, 4) is 0 Å². The van der Waals surface area contributed by atoms with Gasteiger partial charge in [-0.3, -0.25) is 13.9 Å². The van der Waals surface area contributed by atoms with Crippen LogP contribution in [0.1, 0.15) is 45.1 Å². The molecule has 7 nitrogen and oxygen atoms in total. The highest BCUT2D eigenvalue weighted by atomic mass is 35.5. The molecular formula is C25H32ClF2N3O4S. The van der Waals surface area contributed by atoms with E-state index in [9.17, 15) is 26.8 Å². The van der Waals surface area contributed by atoms with E-state index in [-0.39, 0.29) is 43.4 Å². The molecule has 0 fully saturated rings. The zero-order valence-corrected chi connectivity index (χ0v) is 22.2. The van der Waals surface area contributed by atoms with Crippen molar-refractivity contribution in [3.63, 3.8) is 0 Å². The van der Waals surface area contributed by atoms with Gasteiger partial charge in [0.05, 0.1) is 11.9 Å². The number of halogens is 3. The van der Waals surface area contributed by atoms with E-state index >= 15 is 0 Å². The normalized spacial score (nSPS) is 12.2. The molecule has 0 bridgehead atoms. The molecule has 0 saturated carbocycles. The highest BCUT2D eigenvalue weighted by molar-refractivity contribution is 7.92. The molecule has 0 aliphatic carbocycles. The lowest BCUT2D eigenvalue weighted by Gasteiger charge is -2.29. The number of carbonyl (C=O) groups is 2. The van der Waals surface area contributed by atoms with Gasteiger partial charge < -0.3 is 10.2 Å². The Morgan fingerprint density at radius 2 is 1.72 bits per heavy atom. The van der Waals surface area contributed by atoms with Gasteiger partial charge in [0.2, 0.25) is 21.8 Å². The van der Waals surface area contributed by atoms with Crippen LogP contribution in [0, 0.1) is 11.6 Å². The Labute approximate surface area is 216 Å². The first-order valence-electron chi connectivity index (χ1n) is 11.7. The highest BCUT2D eigenvalue weighted by Crippen LogP contribution is 2.22. The van der Waals surface area contributed by atoms with E-state index in [0.29, 0.717) is 11.6 Å². The average molecular weight is 544 g/mol. The summed E-state index contributed by atoms with van der Waals surface area (Å²) >= 11 is 5.96. The first-order chi connectivity index (χ1) is 16.9. The van der Waals surface area contributed by atoms with Crippen LogP contribution in [-0.2, 0) is 26.2 Å². The van der Waals surface area contributed by atoms with Crippen LogP contribution in [0.4, 0.5) is 14.5 Å². The monoisotopic (exact) mass is 543 g/mol. The number of unbranched alkanes of at least 4 members (excludes halogenated alkanes) is 1. The molecule has 0 spiro atoms. The summed E-state index contributed by atoms with van der Waals surface area (Å²) in [7, 11) is -3.82. The Morgan fingerprint density at radius 3 is 2.31 bits per heavy atom. The van der Waals surface area contributed by atoms with Crippen molar-refractivity contribution in [2.75, 3.05) is 23.7 Å². The molecule has 0 saturated heterocycles. The minimum absolute atomic E-state index is 0.0365. The second-order valence-corrected chi connectivity index (χ2v) is 10.8. The molecule has 0 aromatic heterocycles. The second-order valence-electron chi connectivity index (χ2n) is 8.51. The Bertz CT molecular complexity index is 1150. The van der Waals surface area contributed by atoms with Gasteiger partial charge in [0.25, 0.3) is 0 Å². The smallest absolute Gasteiger partial charge is 0.242 e. The SMILES string of the molecule is CCCCNC(=O)[C@@H](C)N(Cc1ccc(Cl)cc1)C(=O)CCCN(c1ccc(F)c(F)c1)S(C)(=O)=O. The fourth-order valence-electron chi connectivity index (χ4n) is 3.55. The van der Waals surface area contributed by atoms with E-state index in [2.05, 4.69) is 5.32 Å². The Morgan fingerprint density at radius 1 is 1.06 bits per heavy atom. The van der Waals surface area contributed by atoms with Gasteiger partial charge in [0.1, 0.15) is 6.04 Å². The van der Waals surface area contributed by atoms with Gasteiger partial charge in [0.15, 0.2) is 11.6 Å². The third-order valence-electron chi connectivity index (χ3n) is 5.61. The first kappa shape index (κ1) is 29.5. The number of sulfonamides is 1. The molecule has 36 heavy (non-hydrogen) atoms. The molecule has 0 heterocycles. The van der Waals surface area contributed by atoms with Crippen LogP contribution in [0.15, 0.2) is 42.5 Å². The Hall–Kier alpha value is -2.72. The largest absolute Gasteiger partial charge is 0.354 e. The number of carbonyl (C=O) groups excluding carboxylic acids is 2. The van der Waals surface area contributed by atoms with E-state index in [0.717, 1.165) is 47.2 Å². The molecule has 11 heteroatoms. The van der Waals surface area contributed by atoms with Crippen molar-refractivity contribution in [2.24, 2.45) is 0 Å². The minimum Gasteiger partial charge on any atom is -0.354 e. The molecular weight excluding hydrogens is 512 g/mol. The molecule has 0 radical (unpaired) electrons. The molecule has 0 aliphatic heterocycles. The number of hydrogen-bond acceptors (Lipinski definition) is 4. The molecule has 0 aliphatic rings. The fraction of sp³-hybridized carbons (Fsp3) is 0.440. The van der Waals surface area contributed by atoms with Crippen molar-refractivity contribution in [1.29, 1.82) is 0 Å². The van der Waals surface area contributed by atoms with Gasteiger partial charge in [-0.15, -0.1) is 0 Å². The minimum atomic E-state index is -3.82. The number of anilines is 1. The fourth-order valence-corrected chi connectivity index (χ4v) is 4.63. The van der Waals surface area contributed by atoms with Crippen LogP contribution in [0.2, 0.25) is 5.02 Å². The summed E-state index contributed by atoms with van der Waals surface area (Å²) in [6.07, 6.45) is 2.72. The maximum absolute atomic E-state index is 13.7. The third kappa shape index (κ3) is 8.74. The first-order valence-corrected chi connectivity index (χ1v) is 13.9. The van der Waals surface area contributed by atoms with E-state index in [1.54, 1.807) is 31.2 Å². The number of nitrogens with zero attached hydrogens (tertiary/aromatic N) is 2. The maximum atomic E-state index is 13.7. The molecule has 2 amide bonds.